The molecule has 2 N–H and O–H groups in total. The van der Waals surface area contributed by atoms with Crippen LogP contribution in [0, 0.1) is 0 Å². The lowest BCUT2D eigenvalue weighted by Gasteiger charge is -2.18. The molecular weight excluding hydrogens is 373 g/mol. The number of urea groups is 1. The van der Waals surface area contributed by atoms with Crippen LogP contribution in [0.5, 0.6) is 0 Å². The number of nitrogens with one attached hydrogen (secondary N) is 2. The highest BCUT2D eigenvalue weighted by Gasteiger charge is 2.13. The Morgan fingerprint density at radius 1 is 1.04 bits per heavy atom. The molecular formula is C19H21Cl2N3O2. The van der Waals surface area contributed by atoms with Gasteiger partial charge in [0.25, 0.3) is 5.91 Å². The van der Waals surface area contributed by atoms with Crippen LogP contribution in [0.3, 0.4) is 0 Å². The number of carbonyl (C=O) groups excluding carboxylic acids is 2. The van der Waals surface area contributed by atoms with Crippen LogP contribution in [0.4, 0.5) is 10.5 Å². The fourth-order valence-electron chi connectivity index (χ4n) is 2.33. The topological polar surface area (TPSA) is 61.4 Å². The molecule has 0 saturated carbocycles. The van der Waals surface area contributed by atoms with Gasteiger partial charge in [-0.15, -0.1) is 0 Å². The predicted octanol–water partition coefficient (Wildman–Crippen LogP) is 4.80. The van der Waals surface area contributed by atoms with Gasteiger partial charge < -0.3 is 15.5 Å². The number of anilines is 1. The van der Waals surface area contributed by atoms with Crippen molar-refractivity contribution in [2.75, 3.05) is 12.4 Å². The highest BCUT2D eigenvalue weighted by Crippen LogP contribution is 2.23. The lowest BCUT2D eigenvalue weighted by Crippen LogP contribution is -2.34. The van der Waals surface area contributed by atoms with E-state index in [4.69, 9.17) is 23.2 Å². The summed E-state index contributed by atoms with van der Waals surface area (Å²) < 4.78 is 0. The van der Waals surface area contributed by atoms with E-state index in [0.717, 1.165) is 5.56 Å². The maximum Gasteiger partial charge on any atom is 0.319 e. The van der Waals surface area contributed by atoms with Gasteiger partial charge >= 0.3 is 6.03 Å². The molecule has 0 fully saturated rings. The van der Waals surface area contributed by atoms with Crippen molar-refractivity contribution in [3.8, 4) is 0 Å². The van der Waals surface area contributed by atoms with Crippen LogP contribution in [0.15, 0.2) is 42.5 Å². The molecule has 5 nitrogen and oxygen atoms in total. The van der Waals surface area contributed by atoms with Gasteiger partial charge in [-0.3, -0.25) is 4.79 Å². The molecule has 0 heterocycles. The Bertz CT molecular complexity index is 792. The largest absolute Gasteiger partial charge is 0.337 e. The molecule has 2 aromatic rings. The zero-order chi connectivity index (χ0) is 19.3. The van der Waals surface area contributed by atoms with E-state index in [9.17, 15) is 9.59 Å². The van der Waals surface area contributed by atoms with Crippen molar-refractivity contribution in [1.29, 1.82) is 0 Å². The Morgan fingerprint density at radius 2 is 1.69 bits per heavy atom. The van der Waals surface area contributed by atoms with Gasteiger partial charge in [0.15, 0.2) is 0 Å². The molecule has 0 atom stereocenters. The summed E-state index contributed by atoms with van der Waals surface area (Å²) >= 11 is 11.9. The first-order chi connectivity index (χ1) is 12.3. The predicted molar refractivity (Wildman–Crippen MR) is 106 cm³/mol. The first-order valence-electron chi connectivity index (χ1n) is 8.13. The molecule has 0 aromatic heterocycles. The van der Waals surface area contributed by atoms with E-state index in [0.29, 0.717) is 27.8 Å². The zero-order valence-electron chi connectivity index (χ0n) is 14.8. The lowest BCUT2D eigenvalue weighted by molar-refractivity contribution is 0.0785. The molecule has 0 bridgehead atoms. The molecule has 0 radical (unpaired) electrons. The summed E-state index contributed by atoms with van der Waals surface area (Å²) in [6, 6.07) is 11.8. The Labute approximate surface area is 163 Å². The highest BCUT2D eigenvalue weighted by atomic mass is 35.5. The lowest BCUT2D eigenvalue weighted by atomic mass is 10.1. The Kier molecular flexibility index (Phi) is 6.89. The third-order valence-corrected chi connectivity index (χ3v) is 4.30. The van der Waals surface area contributed by atoms with E-state index < -0.39 is 0 Å². The molecule has 3 amide bonds. The second-order valence-electron chi connectivity index (χ2n) is 6.24. The number of hydrogen-bond acceptors (Lipinski definition) is 2. The number of amides is 3. The second-order valence-corrected chi connectivity index (χ2v) is 7.05. The summed E-state index contributed by atoms with van der Waals surface area (Å²) in [5.41, 5.74) is 2.04. The average molecular weight is 394 g/mol. The van der Waals surface area contributed by atoms with Crippen LogP contribution in [-0.2, 0) is 6.54 Å². The number of carbonyl (C=O) groups is 2. The fraction of sp³-hybridized carbons (Fsp3) is 0.263. The van der Waals surface area contributed by atoms with E-state index in [1.54, 1.807) is 48.3 Å². The van der Waals surface area contributed by atoms with E-state index in [2.05, 4.69) is 10.6 Å². The van der Waals surface area contributed by atoms with Crippen LogP contribution in [0.1, 0.15) is 29.8 Å². The molecule has 0 spiro atoms. The summed E-state index contributed by atoms with van der Waals surface area (Å²) in [4.78, 5) is 25.8. The van der Waals surface area contributed by atoms with Crippen LogP contribution in [0.25, 0.3) is 0 Å². The van der Waals surface area contributed by atoms with Gasteiger partial charge in [0, 0.05) is 30.9 Å². The summed E-state index contributed by atoms with van der Waals surface area (Å²) in [7, 11) is 1.72. The van der Waals surface area contributed by atoms with Crippen LogP contribution < -0.4 is 10.6 Å². The molecule has 0 saturated heterocycles. The smallest absolute Gasteiger partial charge is 0.319 e. The molecule has 7 heteroatoms. The van der Waals surface area contributed by atoms with Gasteiger partial charge in [-0.05, 0) is 55.8 Å². The molecule has 26 heavy (non-hydrogen) atoms. The molecule has 2 rings (SSSR count). The van der Waals surface area contributed by atoms with Crippen LogP contribution in [-0.4, -0.2) is 29.9 Å². The summed E-state index contributed by atoms with van der Waals surface area (Å²) in [5.74, 6) is -0.130. The van der Waals surface area contributed by atoms with Crippen molar-refractivity contribution < 1.29 is 9.59 Å². The van der Waals surface area contributed by atoms with Crippen LogP contribution >= 0.6 is 23.2 Å². The fourth-order valence-corrected chi connectivity index (χ4v) is 2.65. The van der Waals surface area contributed by atoms with Crippen molar-refractivity contribution in [2.45, 2.75) is 26.4 Å². The average Bonchev–Trinajstić information content (AvgIpc) is 2.57. The molecule has 0 aliphatic rings. The van der Waals surface area contributed by atoms with Crippen molar-refractivity contribution in [1.82, 2.24) is 10.2 Å². The number of rotatable bonds is 5. The van der Waals surface area contributed by atoms with Gasteiger partial charge in [-0.2, -0.15) is 0 Å². The van der Waals surface area contributed by atoms with Crippen molar-refractivity contribution in [3.63, 3.8) is 0 Å². The number of benzene rings is 2. The Hall–Kier alpha value is -2.24. The normalized spacial score (nSPS) is 10.5. The molecule has 0 aliphatic carbocycles. The molecule has 0 unspecified atom stereocenters. The van der Waals surface area contributed by atoms with Gasteiger partial charge in [0.2, 0.25) is 0 Å². The van der Waals surface area contributed by atoms with Crippen molar-refractivity contribution in [2.24, 2.45) is 0 Å². The van der Waals surface area contributed by atoms with Crippen LogP contribution in [0.2, 0.25) is 10.0 Å². The molecule has 0 aliphatic heterocycles. The number of halogens is 2. The van der Waals surface area contributed by atoms with Gasteiger partial charge in [0.05, 0.1) is 10.0 Å². The first kappa shape index (κ1) is 20.1. The zero-order valence-corrected chi connectivity index (χ0v) is 16.4. The van der Waals surface area contributed by atoms with Gasteiger partial charge in [-0.1, -0.05) is 29.3 Å². The van der Waals surface area contributed by atoms with E-state index in [1.165, 1.54) is 0 Å². The second kappa shape index (κ2) is 8.92. The number of nitrogens with zero attached hydrogens (tertiary/aromatic N) is 1. The van der Waals surface area contributed by atoms with Gasteiger partial charge in [-0.25, -0.2) is 4.79 Å². The monoisotopic (exact) mass is 393 g/mol. The minimum atomic E-state index is -0.282. The third kappa shape index (κ3) is 5.64. The Balaban J connectivity index is 1.99. The van der Waals surface area contributed by atoms with E-state index in [-0.39, 0.29) is 18.0 Å². The molecule has 2 aromatic carbocycles. The van der Waals surface area contributed by atoms with E-state index in [1.807, 2.05) is 19.9 Å². The van der Waals surface area contributed by atoms with Crippen molar-refractivity contribution in [3.05, 3.63) is 63.6 Å². The SMILES string of the molecule is CC(C)NC(=O)Nc1ccc(C(=O)N(C)Cc2ccc(Cl)c(Cl)c2)cc1. The van der Waals surface area contributed by atoms with E-state index >= 15 is 0 Å². The maximum atomic E-state index is 12.5. The van der Waals surface area contributed by atoms with Crippen molar-refractivity contribution >= 4 is 40.8 Å². The minimum absolute atomic E-state index is 0.0471. The van der Waals surface area contributed by atoms with Gasteiger partial charge in [0.1, 0.15) is 0 Å². The maximum absolute atomic E-state index is 12.5. The third-order valence-electron chi connectivity index (χ3n) is 3.56. The number of hydrogen-bond donors (Lipinski definition) is 2. The summed E-state index contributed by atoms with van der Waals surface area (Å²) in [6.45, 7) is 4.17. The summed E-state index contributed by atoms with van der Waals surface area (Å²) in [6.07, 6.45) is 0. The summed E-state index contributed by atoms with van der Waals surface area (Å²) in [5, 5.41) is 6.39. The Morgan fingerprint density at radius 3 is 2.27 bits per heavy atom. The minimum Gasteiger partial charge on any atom is -0.337 e. The molecule has 138 valence electrons. The quantitative estimate of drug-likeness (QED) is 0.766. The highest BCUT2D eigenvalue weighted by molar-refractivity contribution is 6.42. The standard InChI is InChI=1S/C19H21Cl2N3O2/c1-12(2)22-19(26)23-15-7-5-14(6-8-15)18(25)24(3)11-13-4-9-16(20)17(21)10-13/h4-10,12H,11H2,1-3H3,(H2,22,23,26). The first-order valence-corrected chi connectivity index (χ1v) is 8.89.